The predicted octanol–water partition coefficient (Wildman–Crippen LogP) is 2.86. The second kappa shape index (κ2) is 5.38. The molecular weight excluding hydrogens is 228 g/mol. The van der Waals surface area contributed by atoms with Gasteiger partial charge in [-0.3, -0.25) is 0 Å². The van der Waals surface area contributed by atoms with E-state index in [0.29, 0.717) is 11.6 Å². The van der Waals surface area contributed by atoms with Crippen LogP contribution in [0.2, 0.25) is 0 Å². The number of rotatable bonds is 3. The Morgan fingerprint density at radius 1 is 1.33 bits per heavy atom. The lowest BCUT2D eigenvalue weighted by Gasteiger charge is -2.32. The number of nitrogens with zero attached hydrogens (tertiary/aromatic N) is 2. The number of hydrogen-bond donors (Lipinski definition) is 1. The van der Waals surface area contributed by atoms with Crippen LogP contribution in [0.1, 0.15) is 48.2 Å². The number of carbonyl (C=O) groups is 1. The maximum atomic E-state index is 11.1. The molecule has 18 heavy (non-hydrogen) atoms. The van der Waals surface area contributed by atoms with Crippen molar-refractivity contribution < 1.29 is 9.90 Å². The Balaban J connectivity index is 2.23. The van der Waals surface area contributed by atoms with Gasteiger partial charge in [0.25, 0.3) is 0 Å². The van der Waals surface area contributed by atoms with E-state index >= 15 is 0 Å². The van der Waals surface area contributed by atoms with Gasteiger partial charge in [0, 0.05) is 18.8 Å². The number of carboxylic acids is 1. The molecule has 1 aromatic rings. The molecule has 0 amide bonds. The highest BCUT2D eigenvalue weighted by Crippen LogP contribution is 2.25. The molecule has 0 atom stereocenters. The van der Waals surface area contributed by atoms with Crippen molar-refractivity contribution in [3.8, 4) is 0 Å². The molecule has 0 radical (unpaired) electrons. The summed E-state index contributed by atoms with van der Waals surface area (Å²) in [6, 6.07) is 3.78. The molecule has 0 spiro atoms. The summed E-state index contributed by atoms with van der Waals surface area (Å²) < 4.78 is 0. The first kappa shape index (κ1) is 12.9. The number of aryl methyl sites for hydroxylation is 1. The highest BCUT2D eigenvalue weighted by atomic mass is 16.4. The Bertz CT molecular complexity index is 439. The van der Waals surface area contributed by atoms with Gasteiger partial charge in [0.15, 0.2) is 0 Å². The lowest BCUT2D eigenvalue weighted by Crippen LogP contribution is -2.34. The van der Waals surface area contributed by atoms with Gasteiger partial charge in [-0.15, -0.1) is 0 Å². The molecule has 1 aliphatic rings. The number of aromatic nitrogens is 1. The fourth-order valence-electron chi connectivity index (χ4n) is 2.61. The van der Waals surface area contributed by atoms with Gasteiger partial charge in [-0.1, -0.05) is 19.3 Å². The summed E-state index contributed by atoms with van der Waals surface area (Å²) in [6.07, 6.45) is 6.17. The minimum Gasteiger partial charge on any atom is -0.478 e. The molecule has 0 bridgehead atoms. The normalized spacial score (nSPS) is 16.6. The summed E-state index contributed by atoms with van der Waals surface area (Å²) in [7, 11) is 2.02. The first-order valence-electron chi connectivity index (χ1n) is 6.53. The van der Waals surface area contributed by atoms with Crippen LogP contribution in [-0.2, 0) is 0 Å². The van der Waals surface area contributed by atoms with Crippen LogP contribution in [0.25, 0.3) is 0 Å². The third-order valence-electron chi connectivity index (χ3n) is 3.67. The Morgan fingerprint density at radius 3 is 2.61 bits per heavy atom. The zero-order chi connectivity index (χ0) is 13.1. The number of pyridine rings is 1. The summed E-state index contributed by atoms with van der Waals surface area (Å²) in [5, 5.41) is 9.08. The first-order valence-corrected chi connectivity index (χ1v) is 6.53. The van der Waals surface area contributed by atoms with Crippen molar-refractivity contribution >= 4 is 11.8 Å². The van der Waals surface area contributed by atoms with E-state index in [2.05, 4.69) is 9.88 Å². The first-order chi connectivity index (χ1) is 8.58. The van der Waals surface area contributed by atoms with Gasteiger partial charge in [0.1, 0.15) is 5.82 Å². The van der Waals surface area contributed by atoms with Gasteiger partial charge < -0.3 is 10.0 Å². The highest BCUT2D eigenvalue weighted by molar-refractivity contribution is 5.88. The third kappa shape index (κ3) is 2.81. The summed E-state index contributed by atoms with van der Waals surface area (Å²) in [5.74, 6) is -0.113. The molecule has 2 rings (SSSR count). The molecule has 1 saturated carbocycles. The lowest BCUT2D eigenvalue weighted by atomic mass is 9.94. The molecular formula is C14H20N2O2. The molecule has 0 aromatic carbocycles. The Kier molecular flexibility index (Phi) is 3.84. The average molecular weight is 248 g/mol. The van der Waals surface area contributed by atoms with Crippen LogP contribution in [0.3, 0.4) is 0 Å². The Morgan fingerprint density at radius 2 is 2.00 bits per heavy atom. The van der Waals surface area contributed by atoms with Crippen molar-refractivity contribution in [1.82, 2.24) is 4.98 Å². The quantitative estimate of drug-likeness (QED) is 0.893. The Hall–Kier alpha value is -1.58. The largest absolute Gasteiger partial charge is 0.478 e. The van der Waals surface area contributed by atoms with E-state index in [4.69, 9.17) is 5.11 Å². The maximum absolute atomic E-state index is 11.1. The van der Waals surface area contributed by atoms with Crippen molar-refractivity contribution in [1.29, 1.82) is 0 Å². The topological polar surface area (TPSA) is 53.4 Å². The summed E-state index contributed by atoms with van der Waals surface area (Å²) in [5.41, 5.74) is 1.08. The fraction of sp³-hybridized carbons (Fsp3) is 0.571. The molecule has 0 saturated heterocycles. The van der Waals surface area contributed by atoms with Crippen LogP contribution in [0.15, 0.2) is 12.1 Å². The lowest BCUT2D eigenvalue weighted by molar-refractivity contribution is 0.0696. The average Bonchev–Trinajstić information content (AvgIpc) is 2.38. The van der Waals surface area contributed by atoms with Crippen molar-refractivity contribution in [2.75, 3.05) is 11.9 Å². The van der Waals surface area contributed by atoms with Crippen LogP contribution >= 0.6 is 0 Å². The summed E-state index contributed by atoms with van der Waals surface area (Å²) in [6.45, 7) is 1.84. The molecule has 4 nitrogen and oxygen atoms in total. The smallest absolute Gasteiger partial charge is 0.335 e. The number of carboxylic acid groups (broad SMARTS) is 1. The van der Waals surface area contributed by atoms with Crippen molar-refractivity contribution in [3.05, 3.63) is 23.4 Å². The van der Waals surface area contributed by atoms with Crippen LogP contribution < -0.4 is 4.90 Å². The molecule has 1 aliphatic carbocycles. The van der Waals surface area contributed by atoms with E-state index in [9.17, 15) is 4.79 Å². The van der Waals surface area contributed by atoms with E-state index in [1.54, 1.807) is 12.1 Å². The summed E-state index contributed by atoms with van der Waals surface area (Å²) in [4.78, 5) is 17.6. The van der Waals surface area contributed by atoms with Crippen molar-refractivity contribution in [2.24, 2.45) is 0 Å². The van der Waals surface area contributed by atoms with E-state index in [0.717, 1.165) is 11.5 Å². The molecule has 1 aromatic heterocycles. The fourth-order valence-corrected chi connectivity index (χ4v) is 2.61. The molecule has 0 aliphatic heterocycles. The molecule has 1 fully saturated rings. The summed E-state index contributed by atoms with van der Waals surface area (Å²) >= 11 is 0. The zero-order valence-electron chi connectivity index (χ0n) is 11.0. The van der Waals surface area contributed by atoms with Crippen LogP contribution in [-0.4, -0.2) is 29.1 Å². The monoisotopic (exact) mass is 248 g/mol. The predicted molar refractivity (Wildman–Crippen MR) is 71.2 cm³/mol. The SMILES string of the molecule is Cc1cc(C(=O)O)cc(N(C)C2CCCCC2)n1. The van der Waals surface area contributed by atoms with Gasteiger partial charge in [0.2, 0.25) is 0 Å². The van der Waals surface area contributed by atoms with Gasteiger partial charge in [0.05, 0.1) is 5.56 Å². The zero-order valence-corrected chi connectivity index (χ0v) is 11.0. The van der Waals surface area contributed by atoms with E-state index in [1.165, 1.54) is 32.1 Å². The van der Waals surface area contributed by atoms with Gasteiger partial charge in [-0.2, -0.15) is 0 Å². The minimum absolute atomic E-state index is 0.320. The second-order valence-corrected chi connectivity index (χ2v) is 5.06. The van der Waals surface area contributed by atoms with E-state index < -0.39 is 5.97 Å². The molecule has 1 N–H and O–H groups in total. The number of hydrogen-bond acceptors (Lipinski definition) is 3. The highest BCUT2D eigenvalue weighted by Gasteiger charge is 2.20. The maximum Gasteiger partial charge on any atom is 0.335 e. The van der Waals surface area contributed by atoms with Crippen LogP contribution in [0.4, 0.5) is 5.82 Å². The van der Waals surface area contributed by atoms with E-state index in [-0.39, 0.29) is 0 Å². The molecule has 98 valence electrons. The number of anilines is 1. The van der Waals surface area contributed by atoms with Gasteiger partial charge >= 0.3 is 5.97 Å². The van der Waals surface area contributed by atoms with Crippen molar-refractivity contribution in [3.63, 3.8) is 0 Å². The number of aromatic carboxylic acids is 1. The third-order valence-corrected chi connectivity index (χ3v) is 3.67. The van der Waals surface area contributed by atoms with Crippen LogP contribution in [0.5, 0.6) is 0 Å². The van der Waals surface area contributed by atoms with Gasteiger partial charge in [-0.05, 0) is 31.9 Å². The molecule has 4 heteroatoms. The van der Waals surface area contributed by atoms with Gasteiger partial charge in [-0.25, -0.2) is 9.78 Å². The standard InChI is InChI=1S/C14H20N2O2/c1-10-8-11(14(17)18)9-13(15-10)16(2)12-6-4-3-5-7-12/h8-9,12H,3-7H2,1-2H3,(H,17,18). The molecule has 0 unspecified atom stereocenters. The Labute approximate surface area is 108 Å². The van der Waals surface area contributed by atoms with Crippen molar-refractivity contribution in [2.45, 2.75) is 45.1 Å². The second-order valence-electron chi connectivity index (χ2n) is 5.06. The van der Waals surface area contributed by atoms with E-state index in [1.807, 2.05) is 14.0 Å². The van der Waals surface area contributed by atoms with Crippen LogP contribution in [0, 0.1) is 6.92 Å². The minimum atomic E-state index is -0.890. The molecule has 1 heterocycles.